The standard InChI is InChI=1S/C32H39N5O6.C10H12O.C6H6/c1-33-31(40)27(8-5-15-38)37-18-22-16-28-29(17-26(22)32(37)41)42-21-24-19-34(13-14-36(24)28)20-30(39)43-25-9-11-35(12-10-25)23-6-3-2-4-7-23;11-10-6-5-8-3-1-2-4-9(8)7-10;1-2-4-6-5-3-1/h2-4,6-7,15-17,24-25,27H,5,8-14,18-21H2,1H3,(H,33,40);5-7,11H,1-4H2;1-6H. The van der Waals surface area contributed by atoms with E-state index in [1.54, 1.807) is 17.0 Å². The zero-order chi connectivity index (χ0) is 41.8. The van der Waals surface area contributed by atoms with Crippen LogP contribution in [0.25, 0.3) is 0 Å². The normalized spacial score (nSPS) is 18.7. The Morgan fingerprint density at radius 2 is 1.58 bits per heavy atom. The number of piperazine rings is 1. The van der Waals surface area contributed by atoms with Crippen molar-refractivity contribution in [1.29, 1.82) is 0 Å². The molecule has 0 saturated carbocycles. The second-order valence-corrected chi connectivity index (χ2v) is 16.0. The highest BCUT2D eigenvalue weighted by Crippen LogP contribution is 2.41. The number of phenolic OH excluding ortho intramolecular Hbond substituents is 1. The number of likely N-dealkylation sites (N-methyl/N-ethyl adjacent to an activating group) is 1. The fraction of sp³-hybridized carbons (Fsp3) is 0.417. The van der Waals surface area contributed by atoms with Crippen LogP contribution in [0.5, 0.6) is 11.5 Å². The second-order valence-electron chi connectivity index (χ2n) is 16.0. The number of para-hydroxylation sites is 1. The number of aromatic hydroxyl groups is 1. The molecule has 0 radical (unpaired) electrons. The lowest BCUT2D eigenvalue weighted by molar-refractivity contribution is -0.151. The van der Waals surface area contributed by atoms with Crippen LogP contribution in [0.4, 0.5) is 11.4 Å². The number of nitrogens with one attached hydrogen (secondary N) is 1. The first-order valence-corrected chi connectivity index (χ1v) is 21.4. The van der Waals surface area contributed by atoms with E-state index in [1.807, 2.05) is 72.8 Å². The average Bonchev–Trinajstić information content (AvgIpc) is 3.61. The van der Waals surface area contributed by atoms with Gasteiger partial charge in [0.15, 0.2) is 0 Å². The zero-order valence-electron chi connectivity index (χ0n) is 34.5. The minimum absolute atomic E-state index is 0.0514. The van der Waals surface area contributed by atoms with Crippen LogP contribution in [0.1, 0.15) is 65.6 Å². The Kier molecular flexibility index (Phi) is 14.4. The summed E-state index contributed by atoms with van der Waals surface area (Å²) in [7, 11) is 1.53. The zero-order valence-corrected chi connectivity index (χ0v) is 34.5. The predicted molar refractivity (Wildman–Crippen MR) is 231 cm³/mol. The number of amides is 2. The Balaban J connectivity index is 0.000000262. The van der Waals surface area contributed by atoms with Crippen molar-refractivity contribution in [3.8, 4) is 11.5 Å². The molecule has 2 saturated heterocycles. The molecule has 2 fully saturated rings. The summed E-state index contributed by atoms with van der Waals surface area (Å²) < 4.78 is 12.0. The van der Waals surface area contributed by atoms with Crippen molar-refractivity contribution in [3.05, 3.63) is 119 Å². The molecule has 0 spiro atoms. The molecule has 1 aliphatic carbocycles. The summed E-state index contributed by atoms with van der Waals surface area (Å²) in [4.78, 5) is 58.0. The largest absolute Gasteiger partial charge is 0.508 e. The van der Waals surface area contributed by atoms with Crippen LogP contribution in [0, 0.1) is 0 Å². The Bertz CT molecular complexity index is 2050. The number of aldehydes is 1. The van der Waals surface area contributed by atoms with E-state index in [2.05, 4.69) is 32.1 Å². The second kappa shape index (κ2) is 20.4. The Hall–Kier alpha value is -5.88. The van der Waals surface area contributed by atoms with Crippen molar-refractivity contribution in [2.75, 3.05) is 62.7 Å². The molecule has 4 aliphatic heterocycles. The molecule has 4 aromatic rings. The minimum atomic E-state index is -0.708. The molecular weight excluding hydrogens is 759 g/mol. The van der Waals surface area contributed by atoms with Gasteiger partial charge in [0.25, 0.3) is 5.91 Å². The molecule has 9 rings (SSSR count). The maximum atomic E-state index is 13.3. The Morgan fingerprint density at radius 3 is 2.28 bits per heavy atom. The monoisotopic (exact) mass is 815 g/mol. The molecular formula is C48H57N5O7. The Labute approximate surface area is 353 Å². The number of ether oxygens (including phenoxy) is 2. The summed E-state index contributed by atoms with van der Waals surface area (Å²) in [6.45, 7) is 4.87. The maximum Gasteiger partial charge on any atom is 0.320 e. The minimum Gasteiger partial charge on any atom is -0.508 e. The molecule has 2 amide bonds. The number of rotatable bonds is 9. The third kappa shape index (κ3) is 10.5. The van der Waals surface area contributed by atoms with E-state index in [-0.39, 0.29) is 49.3 Å². The van der Waals surface area contributed by atoms with Crippen molar-refractivity contribution < 1.29 is 33.8 Å². The van der Waals surface area contributed by atoms with Crippen LogP contribution in [0.3, 0.4) is 0 Å². The third-order valence-corrected chi connectivity index (χ3v) is 12.0. The van der Waals surface area contributed by atoms with Crippen LogP contribution in [-0.4, -0.2) is 110 Å². The van der Waals surface area contributed by atoms with Crippen LogP contribution in [0.15, 0.2) is 97.1 Å². The summed E-state index contributed by atoms with van der Waals surface area (Å²) in [5, 5.41) is 11.8. The lowest BCUT2D eigenvalue weighted by Crippen LogP contribution is -2.58. The average molecular weight is 816 g/mol. The van der Waals surface area contributed by atoms with Gasteiger partial charge in [-0.1, -0.05) is 60.7 Å². The number of hydrogen-bond acceptors (Lipinski definition) is 10. The van der Waals surface area contributed by atoms with Gasteiger partial charge in [0.1, 0.15) is 36.5 Å². The van der Waals surface area contributed by atoms with Crippen molar-refractivity contribution in [2.24, 2.45) is 0 Å². The first-order chi connectivity index (χ1) is 29.3. The number of hydrogen-bond donors (Lipinski definition) is 2. The molecule has 12 nitrogen and oxygen atoms in total. The van der Waals surface area contributed by atoms with Gasteiger partial charge in [0, 0.05) is 76.8 Å². The van der Waals surface area contributed by atoms with E-state index in [0.717, 1.165) is 56.4 Å². The van der Waals surface area contributed by atoms with Gasteiger partial charge in [-0.2, -0.15) is 0 Å². The number of carbonyl (C=O) groups excluding carboxylic acids is 4. The van der Waals surface area contributed by atoms with E-state index >= 15 is 0 Å². The van der Waals surface area contributed by atoms with E-state index < -0.39 is 6.04 Å². The first-order valence-electron chi connectivity index (χ1n) is 21.4. The third-order valence-electron chi connectivity index (χ3n) is 12.0. The van der Waals surface area contributed by atoms with Crippen molar-refractivity contribution in [3.63, 3.8) is 0 Å². The molecule has 2 unspecified atom stereocenters. The van der Waals surface area contributed by atoms with Crippen LogP contribution >= 0.6 is 0 Å². The summed E-state index contributed by atoms with van der Waals surface area (Å²) >= 11 is 0. The molecule has 60 heavy (non-hydrogen) atoms. The van der Waals surface area contributed by atoms with Gasteiger partial charge in [0.2, 0.25) is 5.91 Å². The molecule has 316 valence electrons. The maximum absolute atomic E-state index is 13.3. The number of phenols is 1. The van der Waals surface area contributed by atoms with Gasteiger partial charge in [-0.3, -0.25) is 19.3 Å². The Morgan fingerprint density at radius 1 is 0.883 bits per heavy atom. The SMILES string of the molecule is CNC(=O)C(CCC=O)N1Cc2cc3c(cc2C1=O)OCC1CN(CC(=O)OC2CCN(c4ccccc4)CC2)CCN31.Oc1ccc2c(c1)CCCC2.c1ccccc1. The van der Waals surface area contributed by atoms with Crippen LogP contribution in [0.2, 0.25) is 0 Å². The van der Waals surface area contributed by atoms with Gasteiger partial charge in [0.05, 0.1) is 18.3 Å². The topological polar surface area (TPSA) is 132 Å². The lowest BCUT2D eigenvalue weighted by Gasteiger charge is -2.45. The molecule has 5 aliphatic rings. The first kappa shape index (κ1) is 42.3. The number of carbonyl (C=O) groups is 4. The number of piperidine rings is 1. The number of nitrogens with zero attached hydrogens (tertiary/aromatic N) is 4. The van der Waals surface area contributed by atoms with Crippen molar-refractivity contribution in [2.45, 2.75) is 76.1 Å². The fourth-order valence-electron chi connectivity index (χ4n) is 8.85. The van der Waals surface area contributed by atoms with Gasteiger partial charge < -0.3 is 39.4 Å². The highest BCUT2D eigenvalue weighted by molar-refractivity contribution is 6.02. The fourth-order valence-corrected chi connectivity index (χ4v) is 8.85. The number of esters is 1. The summed E-state index contributed by atoms with van der Waals surface area (Å²) in [5.41, 5.74) is 6.29. The number of fused-ring (bicyclic) bond motifs is 5. The summed E-state index contributed by atoms with van der Waals surface area (Å²) in [6, 6.07) is 31.2. The number of benzene rings is 4. The number of aryl methyl sites for hydroxylation is 2. The quantitative estimate of drug-likeness (QED) is 0.158. The highest BCUT2D eigenvalue weighted by Gasteiger charge is 2.40. The lowest BCUT2D eigenvalue weighted by atomic mass is 9.92. The highest BCUT2D eigenvalue weighted by atomic mass is 16.5. The van der Waals surface area contributed by atoms with Crippen molar-refractivity contribution >= 4 is 35.4 Å². The van der Waals surface area contributed by atoms with E-state index in [1.165, 1.54) is 43.1 Å². The summed E-state index contributed by atoms with van der Waals surface area (Å²) in [6.07, 6.45) is 7.76. The molecule has 0 aromatic heterocycles. The van der Waals surface area contributed by atoms with E-state index in [0.29, 0.717) is 43.3 Å². The van der Waals surface area contributed by atoms with Gasteiger partial charge in [-0.05, 0) is 85.2 Å². The summed E-state index contributed by atoms with van der Waals surface area (Å²) in [5.74, 6) is 0.379. The van der Waals surface area contributed by atoms with Crippen LogP contribution in [-0.2, 0) is 38.5 Å². The molecule has 4 aromatic carbocycles. The molecule has 2 N–H and O–H groups in total. The van der Waals surface area contributed by atoms with Gasteiger partial charge >= 0.3 is 5.97 Å². The van der Waals surface area contributed by atoms with E-state index in [9.17, 15) is 24.3 Å². The van der Waals surface area contributed by atoms with Crippen LogP contribution < -0.4 is 19.9 Å². The van der Waals surface area contributed by atoms with Crippen molar-refractivity contribution in [1.82, 2.24) is 15.1 Å². The van der Waals surface area contributed by atoms with Gasteiger partial charge in [-0.15, -0.1) is 0 Å². The van der Waals surface area contributed by atoms with Gasteiger partial charge in [-0.25, -0.2) is 0 Å². The molecule has 0 bridgehead atoms. The molecule has 4 heterocycles. The predicted octanol–water partition coefficient (Wildman–Crippen LogP) is 5.79. The molecule has 12 heteroatoms. The molecule has 2 atom stereocenters. The smallest absolute Gasteiger partial charge is 0.320 e. The number of anilines is 2. The van der Waals surface area contributed by atoms with E-state index in [4.69, 9.17) is 9.47 Å².